The average Bonchev–Trinajstić information content (AvgIpc) is 3.11. The third-order valence-electron chi connectivity index (χ3n) is 6.63. The molecule has 3 aliphatic rings. The first-order valence-electron chi connectivity index (χ1n) is 9.91. The molecular weight excluding hydrogens is 364 g/mol. The van der Waals surface area contributed by atoms with Crippen molar-refractivity contribution in [1.82, 2.24) is 24.3 Å². The lowest BCUT2D eigenvalue weighted by Crippen LogP contribution is -2.36. The zero-order chi connectivity index (χ0) is 18.8. The van der Waals surface area contributed by atoms with Crippen molar-refractivity contribution in [3.05, 3.63) is 17.7 Å². The molecule has 0 radical (unpaired) electrons. The van der Waals surface area contributed by atoms with Crippen molar-refractivity contribution in [2.75, 3.05) is 11.9 Å². The van der Waals surface area contributed by atoms with Gasteiger partial charge in [0.05, 0.1) is 17.1 Å². The smallest absolute Gasteiger partial charge is 0.214 e. The number of hydrogen-bond acceptors (Lipinski definition) is 6. The molecule has 5 rings (SSSR count). The Hall–Kier alpha value is -1.74. The highest BCUT2D eigenvalue weighted by atomic mass is 32.2. The van der Waals surface area contributed by atoms with Gasteiger partial charge >= 0.3 is 0 Å². The average molecular weight is 391 g/mol. The molecule has 0 spiro atoms. The lowest BCUT2D eigenvalue weighted by Gasteiger charge is -2.29. The fourth-order valence-electron chi connectivity index (χ4n) is 5.05. The molecule has 146 valence electrons. The van der Waals surface area contributed by atoms with Crippen molar-refractivity contribution in [3.63, 3.8) is 0 Å². The minimum Gasteiger partial charge on any atom is -0.368 e. The van der Waals surface area contributed by atoms with Gasteiger partial charge < -0.3 is 5.32 Å². The van der Waals surface area contributed by atoms with Crippen LogP contribution in [0.5, 0.6) is 0 Å². The first kappa shape index (κ1) is 17.4. The second-order valence-corrected chi connectivity index (χ2v) is 10.5. The van der Waals surface area contributed by atoms with Gasteiger partial charge in [0.15, 0.2) is 5.65 Å². The Bertz CT molecular complexity index is 999. The van der Waals surface area contributed by atoms with Crippen LogP contribution in [0, 0.1) is 5.92 Å². The molecule has 2 aromatic heterocycles. The van der Waals surface area contributed by atoms with Crippen molar-refractivity contribution in [2.45, 2.75) is 69.1 Å². The third-order valence-corrected chi connectivity index (χ3v) is 8.64. The van der Waals surface area contributed by atoms with Gasteiger partial charge in [-0.05, 0) is 31.6 Å². The molecule has 1 aliphatic heterocycles. The first-order chi connectivity index (χ1) is 12.9. The molecule has 8 nitrogen and oxygen atoms in total. The van der Waals surface area contributed by atoms with Crippen LogP contribution in [0.3, 0.4) is 0 Å². The van der Waals surface area contributed by atoms with E-state index in [2.05, 4.69) is 43.5 Å². The Morgan fingerprint density at radius 3 is 2.93 bits per heavy atom. The maximum atomic E-state index is 12.4. The molecule has 2 aromatic rings. The second-order valence-electron chi connectivity index (χ2n) is 8.47. The number of nitrogens with zero attached hydrogens (tertiary/aromatic N) is 4. The number of aromatic nitrogens is 4. The predicted octanol–water partition coefficient (Wildman–Crippen LogP) is 1.62. The molecule has 0 aromatic carbocycles. The molecule has 3 heterocycles. The van der Waals surface area contributed by atoms with Crippen LogP contribution in [0.25, 0.3) is 5.65 Å². The molecule has 2 N–H and O–H groups in total. The Morgan fingerprint density at radius 1 is 1.37 bits per heavy atom. The van der Waals surface area contributed by atoms with Gasteiger partial charge in [-0.15, -0.1) is 10.2 Å². The van der Waals surface area contributed by atoms with E-state index in [4.69, 9.17) is 0 Å². The fraction of sp³-hybridized carbons (Fsp3) is 0.722. The van der Waals surface area contributed by atoms with Gasteiger partial charge in [-0.25, -0.2) is 18.1 Å². The first-order valence-corrected chi connectivity index (χ1v) is 11.5. The van der Waals surface area contributed by atoms with E-state index < -0.39 is 10.0 Å². The quantitative estimate of drug-likeness (QED) is 0.804. The Kier molecular flexibility index (Phi) is 3.78. The summed E-state index contributed by atoms with van der Waals surface area (Å²) < 4.78 is 30.0. The summed E-state index contributed by atoms with van der Waals surface area (Å²) in [5.74, 6) is 2.21. The van der Waals surface area contributed by atoms with Crippen molar-refractivity contribution in [1.29, 1.82) is 0 Å². The lowest BCUT2D eigenvalue weighted by molar-refractivity contribution is 0.314. The molecule has 2 saturated carbocycles. The number of hydrogen-bond donors (Lipinski definition) is 2. The van der Waals surface area contributed by atoms with Gasteiger partial charge in [-0.1, -0.05) is 20.3 Å². The largest absolute Gasteiger partial charge is 0.368 e. The molecule has 0 unspecified atom stereocenters. The standard InChI is InChI=1S/C18H26N6O2S/c1-3-11-8-12(23-27(25,26)13-4-5-13)9-18(11,2)17-22-21-15-10-20-16-14(24(15)17)6-7-19-16/h10-13,19,23H,3-9H2,1-2H3/t11-,12+,18-/m1/s1. The van der Waals surface area contributed by atoms with Crippen molar-refractivity contribution in [2.24, 2.45) is 5.92 Å². The second kappa shape index (κ2) is 5.88. The normalized spacial score (nSPS) is 30.6. The predicted molar refractivity (Wildman–Crippen MR) is 102 cm³/mol. The SMILES string of the molecule is CC[C@@H]1C[C@H](NS(=O)(=O)C2CC2)C[C@@]1(C)c1nnc2cnc3c(n12)CCN3. The van der Waals surface area contributed by atoms with Crippen LogP contribution in [0.2, 0.25) is 0 Å². The van der Waals surface area contributed by atoms with Gasteiger partial charge in [0, 0.05) is 24.4 Å². The van der Waals surface area contributed by atoms with Crippen molar-refractivity contribution < 1.29 is 8.42 Å². The topological polar surface area (TPSA) is 101 Å². The summed E-state index contributed by atoms with van der Waals surface area (Å²) in [5, 5.41) is 12.1. The molecule has 2 fully saturated rings. The summed E-state index contributed by atoms with van der Waals surface area (Å²) >= 11 is 0. The minimum atomic E-state index is -3.19. The van der Waals surface area contributed by atoms with E-state index in [0.717, 1.165) is 68.1 Å². The Balaban J connectivity index is 1.53. The maximum Gasteiger partial charge on any atom is 0.214 e. The van der Waals surface area contributed by atoms with Crippen LogP contribution in [-0.2, 0) is 21.9 Å². The summed E-state index contributed by atoms with van der Waals surface area (Å²) in [5.41, 5.74) is 1.68. The molecule has 9 heteroatoms. The molecular formula is C18H26N6O2S. The zero-order valence-corrected chi connectivity index (χ0v) is 16.6. The number of rotatable bonds is 5. The van der Waals surface area contributed by atoms with E-state index >= 15 is 0 Å². The van der Waals surface area contributed by atoms with E-state index in [0.29, 0.717) is 5.92 Å². The number of sulfonamides is 1. The summed E-state index contributed by atoms with van der Waals surface area (Å²) in [6, 6.07) is -0.0362. The number of nitrogens with one attached hydrogen (secondary N) is 2. The van der Waals surface area contributed by atoms with Crippen LogP contribution in [0.4, 0.5) is 5.82 Å². The lowest BCUT2D eigenvalue weighted by atomic mass is 9.77. The maximum absolute atomic E-state index is 12.4. The van der Waals surface area contributed by atoms with Crippen LogP contribution in [-0.4, -0.2) is 45.8 Å². The molecule has 3 atom stereocenters. The summed E-state index contributed by atoms with van der Waals surface area (Å²) in [6.07, 6.45) is 6.82. The van der Waals surface area contributed by atoms with Gasteiger partial charge in [0.1, 0.15) is 11.6 Å². The number of fused-ring (bicyclic) bond motifs is 3. The van der Waals surface area contributed by atoms with Crippen molar-refractivity contribution >= 4 is 21.5 Å². The monoisotopic (exact) mass is 390 g/mol. The highest BCUT2D eigenvalue weighted by Gasteiger charge is 2.49. The van der Waals surface area contributed by atoms with Gasteiger partial charge in [-0.2, -0.15) is 0 Å². The molecule has 2 aliphatic carbocycles. The van der Waals surface area contributed by atoms with E-state index in [1.165, 1.54) is 0 Å². The highest BCUT2D eigenvalue weighted by Crippen LogP contribution is 2.47. The van der Waals surface area contributed by atoms with E-state index in [1.807, 2.05) is 0 Å². The minimum absolute atomic E-state index is 0.0362. The van der Waals surface area contributed by atoms with Crippen LogP contribution in [0.15, 0.2) is 6.20 Å². The Labute approximate surface area is 159 Å². The molecule has 27 heavy (non-hydrogen) atoms. The summed E-state index contributed by atoms with van der Waals surface area (Å²) in [6.45, 7) is 5.27. The van der Waals surface area contributed by atoms with Gasteiger partial charge in [0.2, 0.25) is 10.0 Å². The molecule has 0 amide bonds. The zero-order valence-electron chi connectivity index (χ0n) is 15.8. The van der Waals surface area contributed by atoms with E-state index in [9.17, 15) is 8.42 Å². The summed E-state index contributed by atoms with van der Waals surface area (Å²) in [4.78, 5) is 4.45. The van der Waals surface area contributed by atoms with Crippen LogP contribution >= 0.6 is 0 Å². The van der Waals surface area contributed by atoms with E-state index in [1.54, 1.807) is 6.20 Å². The third kappa shape index (κ3) is 2.66. The van der Waals surface area contributed by atoms with Crippen LogP contribution < -0.4 is 10.0 Å². The summed E-state index contributed by atoms with van der Waals surface area (Å²) in [7, 11) is -3.19. The van der Waals surface area contributed by atoms with Crippen LogP contribution in [0.1, 0.15) is 57.5 Å². The molecule has 0 saturated heterocycles. The van der Waals surface area contributed by atoms with Gasteiger partial charge in [-0.3, -0.25) is 4.40 Å². The molecule has 0 bridgehead atoms. The number of anilines is 1. The Morgan fingerprint density at radius 2 is 2.19 bits per heavy atom. The highest BCUT2D eigenvalue weighted by molar-refractivity contribution is 7.90. The van der Waals surface area contributed by atoms with Gasteiger partial charge in [0.25, 0.3) is 0 Å². The van der Waals surface area contributed by atoms with E-state index in [-0.39, 0.29) is 16.7 Å². The fourth-order valence-corrected chi connectivity index (χ4v) is 6.64. The van der Waals surface area contributed by atoms with Crippen molar-refractivity contribution in [3.8, 4) is 0 Å².